The Balaban J connectivity index is 3.04. The molecule has 0 amide bonds. The molecule has 1 heterocycles. The van der Waals surface area contributed by atoms with Crippen LogP contribution in [0.15, 0.2) is 0 Å². The maximum absolute atomic E-state index is 11.8. The van der Waals surface area contributed by atoms with Gasteiger partial charge in [-0.15, -0.1) is 5.06 Å². The molecule has 0 aromatic rings. The van der Waals surface area contributed by atoms with Crippen LogP contribution in [0, 0.1) is 5.92 Å². The Kier molecular flexibility index (Phi) is 3.52. The summed E-state index contributed by atoms with van der Waals surface area (Å²) in [6.07, 6.45) is 0.597. The average molecular weight is 243 g/mol. The normalized spacial score (nSPS) is 26.6. The number of ether oxygens (including phenoxy) is 1. The first-order valence-electron chi connectivity index (χ1n) is 5.69. The molecule has 0 unspecified atom stereocenters. The van der Waals surface area contributed by atoms with E-state index >= 15 is 0 Å². The first kappa shape index (κ1) is 14.0. The van der Waals surface area contributed by atoms with Crippen molar-refractivity contribution in [2.24, 2.45) is 5.92 Å². The Morgan fingerprint density at radius 3 is 2.18 bits per heavy atom. The van der Waals surface area contributed by atoms with Crippen molar-refractivity contribution >= 4 is 11.9 Å². The van der Waals surface area contributed by atoms with E-state index < -0.39 is 5.54 Å². The van der Waals surface area contributed by atoms with E-state index in [1.165, 1.54) is 14.0 Å². The van der Waals surface area contributed by atoms with Gasteiger partial charge in [0.05, 0.1) is 24.1 Å². The zero-order chi connectivity index (χ0) is 13.4. The molecule has 17 heavy (non-hydrogen) atoms. The Morgan fingerprint density at radius 1 is 1.24 bits per heavy atom. The van der Waals surface area contributed by atoms with Gasteiger partial charge in [-0.3, -0.25) is 9.59 Å². The molecule has 0 N–H and O–H groups in total. The third-order valence-electron chi connectivity index (χ3n) is 3.34. The highest BCUT2D eigenvalue weighted by Gasteiger charge is 2.57. The van der Waals surface area contributed by atoms with Crippen LogP contribution in [0.1, 0.15) is 41.0 Å². The smallest absolute Gasteiger partial charge is 0.322 e. The van der Waals surface area contributed by atoms with E-state index in [1.54, 1.807) is 5.06 Å². The van der Waals surface area contributed by atoms with Crippen LogP contribution < -0.4 is 0 Å². The van der Waals surface area contributed by atoms with Crippen LogP contribution in [0.4, 0.5) is 0 Å². The first-order valence-corrected chi connectivity index (χ1v) is 5.69. The summed E-state index contributed by atoms with van der Waals surface area (Å²) in [5, 5.41) is 1.62. The van der Waals surface area contributed by atoms with Crippen molar-refractivity contribution in [1.82, 2.24) is 5.06 Å². The molecule has 0 saturated carbocycles. The summed E-state index contributed by atoms with van der Waals surface area (Å²) in [6.45, 7) is 9.01. The molecular weight excluding hydrogens is 222 g/mol. The average Bonchev–Trinajstić information content (AvgIpc) is 2.36. The lowest BCUT2D eigenvalue weighted by atomic mass is 9.87. The molecule has 0 radical (unpaired) electrons. The summed E-state index contributed by atoms with van der Waals surface area (Å²) in [7, 11) is 1.37. The number of hydrogen-bond acceptors (Lipinski definition) is 5. The molecular formula is C12H21NO4. The van der Waals surface area contributed by atoms with Crippen LogP contribution >= 0.6 is 0 Å². The van der Waals surface area contributed by atoms with E-state index in [-0.39, 0.29) is 23.4 Å². The maximum atomic E-state index is 11.8. The van der Waals surface area contributed by atoms with E-state index in [2.05, 4.69) is 0 Å². The van der Waals surface area contributed by atoms with Crippen molar-refractivity contribution < 1.29 is 19.2 Å². The molecule has 1 saturated heterocycles. The lowest BCUT2D eigenvalue weighted by molar-refractivity contribution is -0.235. The number of nitrogens with zero attached hydrogens (tertiary/aromatic N) is 1. The zero-order valence-electron chi connectivity index (χ0n) is 11.4. The van der Waals surface area contributed by atoms with Crippen LogP contribution in [0.3, 0.4) is 0 Å². The van der Waals surface area contributed by atoms with Gasteiger partial charge in [-0.2, -0.15) is 0 Å². The second-order valence-corrected chi connectivity index (χ2v) is 5.62. The Bertz CT molecular complexity index is 335. The fraction of sp³-hybridized carbons (Fsp3) is 0.833. The SMILES string of the molecule is COC(=O)[C@H]1CC(C)(C)N(OC(C)=O)C1(C)C. The van der Waals surface area contributed by atoms with Crippen LogP contribution in [0.2, 0.25) is 0 Å². The van der Waals surface area contributed by atoms with Crippen molar-refractivity contribution in [3.8, 4) is 0 Å². The van der Waals surface area contributed by atoms with Crippen LogP contribution in [-0.2, 0) is 19.2 Å². The van der Waals surface area contributed by atoms with Crippen molar-refractivity contribution in [2.45, 2.75) is 52.1 Å². The number of hydroxylamine groups is 2. The summed E-state index contributed by atoms with van der Waals surface area (Å²) in [5.41, 5.74) is -0.948. The minimum absolute atomic E-state index is 0.266. The number of hydrogen-bond donors (Lipinski definition) is 0. The van der Waals surface area contributed by atoms with Crippen molar-refractivity contribution in [1.29, 1.82) is 0 Å². The minimum Gasteiger partial charge on any atom is -0.469 e. The fourth-order valence-electron chi connectivity index (χ4n) is 2.64. The molecule has 5 nitrogen and oxygen atoms in total. The Morgan fingerprint density at radius 2 is 1.76 bits per heavy atom. The zero-order valence-corrected chi connectivity index (χ0v) is 11.4. The van der Waals surface area contributed by atoms with Gasteiger partial charge in [0.15, 0.2) is 0 Å². The molecule has 0 bridgehead atoms. The number of methoxy groups -OCH3 is 1. The third kappa shape index (κ3) is 2.44. The second-order valence-electron chi connectivity index (χ2n) is 5.62. The van der Waals surface area contributed by atoms with Gasteiger partial charge in [0.25, 0.3) is 0 Å². The maximum Gasteiger partial charge on any atom is 0.322 e. The summed E-state index contributed by atoms with van der Waals surface area (Å²) < 4.78 is 4.81. The summed E-state index contributed by atoms with van der Waals surface area (Å²) in [5.74, 6) is -0.948. The molecule has 1 rings (SSSR count). The largest absolute Gasteiger partial charge is 0.469 e. The van der Waals surface area contributed by atoms with E-state index in [4.69, 9.17) is 9.57 Å². The number of carbonyl (C=O) groups excluding carboxylic acids is 2. The summed E-state index contributed by atoms with van der Waals surface area (Å²) >= 11 is 0. The van der Waals surface area contributed by atoms with E-state index in [0.717, 1.165) is 0 Å². The number of carbonyl (C=O) groups is 2. The monoisotopic (exact) mass is 243 g/mol. The molecule has 1 aliphatic heterocycles. The van der Waals surface area contributed by atoms with Crippen LogP contribution in [0.5, 0.6) is 0 Å². The highest BCUT2D eigenvalue weighted by atomic mass is 16.7. The highest BCUT2D eigenvalue weighted by molar-refractivity contribution is 5.75. The summed E-state index contributed by atoms with van der Waals surface area (Å²) in [4.78, 5) is 28.2. The van der Waals surface area contributed by atoms with Crippen molar-refractivity contribution in [3.05, 3.63) is 0 Å². The Labute approximate surface area is 102 Å². The van der Waals surface area contributed by atoms with E-state index in [1.807, 2.05) is 27.7 Å². The fourth-order valence-corrected chi connectivity index (χ4v) is 2.64. The lowest BCUT2D eigenvalue weighted by Gasteiger charge is -2.38. The van der Waals surface area contributed by atoms with Gasteiger partial charge in [0, 0.05) is 6.92 Å². The highest BCUT2D eigenvalue weighted by Crippen LogP contribution is 2.45. The number of esters is 1. The van der Waals surface area contributed by atoms with Gasteiger partial charge in [-0.25, -0.2) is 0 Å². The van der Waals surface area contributed by atoms with Crippen molar-refractivity contribution in [2.75, 3.05) is 7.11 Å². The van der Waals surface area contributed by atoms with Gasteiger partial charge in [-0.1, -0.05) is 0 Å². The molecule has 0 aromatic carbocycles. The van der Waals surface area contributed by atoms with Crippen LogP contribution in [-0.4, -0.2) is 35.2 Å². The summed E-state index contributed by atoms with van der Waals surface area (Å²) in [6, 6.07) is 0. The topological polar surface area (TPSA) is 55.8 Å². The molecule has 1 fully saturated rings. The second kappa shape index (κ2) is 4.29. The lowest BCUT2D eigenvalue weighted by Crippen LogP contribution is -2.51. The number of rotatable bonds is 2. The quantitative estimate of drug-likeness (QED) is 0.688. The predicted molar refractivity (Wildman–Crippen MR) is 61.9 cm³/mol. The Hall–Kier alpha value is -1.10. The van der Waals surface area contributed by atoms with Crippen molar-refractivity contribution in [3.63, 3.8) is 0 Å². The van der Waals surface area contributed by atoms with E-state index in [9.17, 15) is 9.59 Å². The standard InChI is InChI=1S/C12H21NO4/c1-8(14)17-13-11(2,3)7-9(10(15)16-6)12(13,4)5/h9H,7H2,1-6H3/t9-/m1/s1. The van der Waals surface area contributed by atoms with Gasteiger partial charge in [-0.05, 0) is 34.1 Å². The molecule has 1 aliphatic rings. The molecule has 1 atom stereocenters. The molecule has 0 spiro atoms. The van der Waals surface area contributed by atoms with E-state index in [0.29, 0.717) is 6.42 Å². The molecule has 0 aromatic heterocycles. The molecule has 98 valence electrons. The molecule has 5 heteroatoms. The predicted octanol–water partition coefficient (Wildman–Crippen LogP) is 1.52. The van der Waals surface area contributed by atoms with Gasteiger partial charge < -0.3 is 9.57 Å². The third-order valence-corrected chi connectivity index (χ3v) is 3.34. The minimum atomic E-state index is -0.567. The van der Waals surface area contributed by atoms with Gasteiger partial charge in [0.1, 0.15) is 0 Å². The van der Waals surface area contributed by atoms with Gasteiger partial charge in [0.2, 0.25) is 0 Å². The van der Waals surface area contributed by atoms with Gasteiger partial charge >= 0.3 is 11.9 Å². The first-order chi connectivity index (χ1) is 7.63. The molecule has 0 aliphatic carbocycles. The van der Waals surface area contributed by atoms with Crippen LogP contribution in [0.25, 0.3) is 0 Å².